The number of pyridine rings is 1. The van der Waals surface area contributed by atoms with Gasteiger partial charge in [0, 0.05) is 43.5 Å². The van der Waals surface area contributed by atoms with Gasteiger partial charge in [-0.1, -0.05) is 0 Å². The van der Waals surface area contributed by atoms with Crippen LogP contribution in [-0.4, -0.2) is 43.6 Å². The van der Waals surface area contributed by atoms with Crippen LogP contribution < -0.4 is 14.9 Å². The minimum atomic E-state index is -0.568. The fraction of sp³-hybridized carbons (Fsp3) is 0.538. The van der Waals surface area contributed by atoms with Crippen molar-refractivity contribution in [3.63, 3.8) is 0 Å². The van der Waals surface area contributed by atoms with E-state index in [1.165, 1.54) is 0 Å². The summed E-state index contributed by atoms with van der Waals surface area (Å²) < 4.78 is 24.5. The van der Waals surface area contributed by atoms with Gasteiger partial charge in [0.25, 0.3) is 0 Å². The largest absolute Gasteiger partial charge is 0.490 e. The molecule has 2 aliphatic rings. The first-order valence-corrected chi connectivity index (χ1v) is 11.8. The Hall–Kier alpha value is -2.80. The number of nitrogens with zero attached hydrogens (tertiary/aromatic N) is 1. The third-order valence-corrected chi connectivity index (χ3v) is 6.42. The van der Waals surface area contributed by atoms with Gasteiger partial charge < -0.3 is 23.5 Å². The topological polar surface area (TPSA) is 76.0 Å². The zero-order valence-corrected chi connectivity index (χ0v) is 19.9. The number of carbonyl (C=O) groups excluding carboxylic acids is 1. The summed E-state index contributed by atoms with van der Waals surface area (Å²) in [5.41, 5.74) is 2.52. The first kappa shape index (κ1) is 23.4. The number of aromatic nitrogens is 1. The molecule has 1 aromatic heterocycles. The zero-order chi connectivity index (χ0) is 23.6. The SMILES string of the molecule is CCOC(=O)c1cn2c(cc1=O)-c1cc(OC(C)C)c(OCCCOC)cc1CC21CCC1. The molecule has 7 nitrogen and oxygen atoms in total. The van der Waals surface area contributed by atoms with Gasteiger partial charge in [-0.25, -0.2) is 4.79 Å². The van der Waals surface area contributed by atoms with E-state index in [9.17, 15) is 9.59 Å². The molecule has 0 radical (unpaired) electrons. The second kappa shape index (κ2) is 9.59. The van der Waals surface area contributed by atoms with Gasteiger partial charge in [0.1, 0.15) is 5.56 Å². The van der Waals surface area contributed by atoms with Crippen molar-refractivity contribution >= 4 is 5.97 Å². The van der Waals surface area contributed by atoms with Crippen LogP contribution in [0, 0.1) is 0 Å². The number of hydrogen-bond donors (Lipinski definition) is 0. The Labute approximate surface area is 194 Å². The smallest absolute Gasteiger partial charge is 0.343 e. The molecule has 0 saturated heterocycles. The lowest BCUT2D eigenvalue weighted by molar-refractivity contribution is 0.0521. The van der Waals surface area contributed by atoms with Crippen LogP contribution in [-0.2, 0) is 21.4 Å². The summed E-state index contributed by atoms with van der Waals surface area (Å²) in [6, 6.07) is 5.61. The van der Waals surface area contributed by atoms with Gasteiger partial charge in [-0.2, -0.15) is 0 Å². The molecule has 1 aliphatic carbocycles. The number of carbonyl (C=O) groups is 1. The van der Waals surface area contributed by atoms with E-state index in [2.05, 4.69) is 10.6 Å². The molecule has 178 valence electrons. The highest BCUT2D eigenvalue weighted by atomic mass is 16.5. The van der Waals surface area contributed by atoms with Crippen molar-refractivity contribution in [3.05, 3.63) is 45.7 Å². The Morgan fingerprint density at radius 3 is 2.58 bits per heavy atom. The van der Waals surface area contributed by atoms with E-state index in [-0.39, 0.29) is 29.2 Å². The van der Waals surface area contributed by atoms with E-state index < -0.39 is 5.97 Å². The van der Waals surface area contributed by atoms with Crippen LogP contribution in [0.1, 0.15) is 62.4 Å². The Morgan fingerprint density at radius 1 is 1.15 bits per heavy atom. The molecule has 7 heteroatoms. The van der Waals surface area contributed by atoms with Crippen molar-refractivity contribution in [2.24, 2.45) is 0 Å². The Balaban J connectivity index is 1.81. The lowest BCUT2D eigenvalue weighted by Gasteiger charge is -2.48. The summed E-state index contributed by atoms with van der Waals surface area (Å²) in [5, 5.41) is 0. The number of methoxy groups -OCH3 is 1. The molecule has 0 atom stereocenters. The van der Waals surface area contributed by atoms with E-state index in [4.69, 9.17) is 18.9 Å². The fourth-order valence-electron chi connectivity index (χ4n) is 4.77. The summed E-state index contributed by atoms with van der Waals surface area (Å²) in [4.78, 5) is 25.3. The highest BCUT2D eigenvalue weighted by Gasteiger charge is 2.44. The second-order valence-electron chi connectivity index (χ2n) is 9.10. The number of rotatable bonds is 9. The molecule has 2 heterocycles. The van der Waals surface area contributed by atoms with Crippen LogP contribution in [0.3, 0.4) is 0 Å². The monoisotopic (exact) mass is 455 g/mol. The number of esters is 1. The van der Waals surface area contributed by atoms with Crippen molar-refractivity contribution in [3.8, 4) is 22.8 Å². The van der Waals surface area contributed by atoms with Crippen LogP contribution in [0.5, 0.6) is 11.5 Å². The van der Waals surface area contributed by atoms with Crippen molar-refractivity contribution in [1.29, 1.82) is 0 Å². The second-order valence-corrected chi connectivity index (χ2v) is 9.10. The van der Waals surface area contributed by atoms with Crippen LogP contribution in [0.2, 0.25) is 0 Å². The molecule has 0 bridgehead atoms. The van der Waals surface area contributed by atoms with Crippen LogP contribution in [0.15, 0.2) is 29.2 Å². The minimum Gasteiger partial charge on any atom is -0.490 e. The third-order valence-electron chi connectivity index (χ3n) is 6.42. The van der Waals surface area contributed by atoms with Crippen molar-refractivity contribution < 1.29 is 23.7 Å². The molecule has 1 aliphatic heterocycles. The molecule has 33 heavy (non-hydrogen) atoms. The quantitative estimate of drug-likeness (QED) is 0.414. The Morgan fingerprint density at radius 2 is 1.94 bits per heavy atom. The number of hydrogen-bond acceptors (Lipinski definition) is 6. The predicted molar refractivity (Wildman–Crippen MR) is 125 cm³/mol. The first-order chi connectivity index (χ1) is 15.9. The van der Waals surface area contributed by atoms with E-state index in [0.29, 0.717) is 24.7 Å². The van der Waals surface area contributed by atoms with Crippen molar-refractivity contribution in [2.75, 3.05) is 26.9 Å². The Bertz CT molecular complexity index is 1080. The van der Waals surface area contributed by atoms with Crippen LogP contribution in [0.25, 0.3) is 11.3 Å². The molecular formula is C26H33NO6. The predicted octanol–water partition coefficient (Wildman–Crippen LogP) is 4.33. The van der Waals surface area contributed by atoms with Crippen LogP contribution in [0.4, 0.5) is 0 Å². The van der Waals surface area contributed by atoms with Gasteiger partial charge in [0.15, 0.2) is 16.9 Å². The molecule has 1 spiro atoms. The van der Waals surface area contributed by atoms with E-state index in [0.717, 1.165) is 48.9 Å². The molecule has 1 fully saturated rings. The average Bonchev–Trinajstić information content (AvgIpc) is 2.74. The molecule has 0 N–H and O–H groups in total. The van der Waals surface area contributed by atoms with Gasteiger partial charge in [0.2, 0.25) is 0 Å². The van der Waals surface area contributed by atoms with Gasteiger partial charge in [0.05, 0.1) is 25.0 Å². The molecule has 2 aromatic rings. The Kier molecular flexibility index (Phi) is 6.79. The summed E-state index contributed by atoms with van der Waals surface area (Å²) >= 11 is 0. The third kappa shape index (κ3) is 4.51. The maximum atomic E-state index is 12.9. The van der Waals surface area contributed by atoms with Crippen LogP contribution >= 0.6 is 0 Å². The summed E-state index contributed by atoms with van der Waals surface area (Å²) in [6.45, 7) is 7.08. The van der Waals surface area contributed by atoms with Gasteiger partial charge in [-0.05, 0) is 64.2 Å². The first-order valence-electron chi connectivity index (χ1n) is 11.8. The molecule has 1 saturated carbocycles. The summed E-state index contributed by atoms with van der Waals surface area (Å²) in [5.74, 6) is 0.799. The molecular weight excluding hydrogens is 422 g/mol. The van der Waals surface area contributed by atoms with E-state index in [1.807, 2.05) is 19.9 Å². The van der Waals surface area contributed by atoms with E-state index in [1.54, 1.807) is 26.3 Å². The average molecular weight is 456 g/mol. The maximum Gasteiger partial charge on any atom is 0.343 e. The number of ether oxygens (including phenoxy) is 4. The standard InChI is InChI=1S/C26H33NO6/c1-5-31-25(29)20-16-27-21(14-22(20)28)19-13-24(33-17(2)3)23(32-11-7-10-30-4)12-18(19)15-26(27)8-6-9-26/h12-14,16-17H,5-11,15H2,1-4H3. The lowest BCUT2D eigenvalue weighted by Crippen LogP contribution is -2.46. The minimum absolute atomic E-state index is 0.0284. The maximum absolute atomic E-state index is 12.9. The lowest BCUT2D eigenvalue weighted by atomic mass is 9.69. The highest BCUT2D eigenvalue weighted by molar-refractivity contribution is 5.89. The van der Waals surface area contributed by atoms with E-state index >= 15 is 0 Å². The van der Waals surface area contributed by atoms with Crippen molar-refractivity contribution in [1.82, 2.24) is 4.57 Å². The highest BCUT2D eigenvalue weighted by Crippen LogP contribution is 2.50. The summed E-state index contributed by atoms with van der Waals surface area (Å²) in [7, 11) is 1.68. The summed E-state index contributed by atoms with van der Waals surface area (Å²) in [6.07, 6.45) is 6.39. The number of fused-ring (bicyclic) bond motifs is 4. The van der Waals surface area contributed by atoms with Gasteiger partial charge >= 0.3 is 5.97 Å². The van der Waals surface area contributed by atoms with Gasteiger partial charge in [-0.15, -0.1) is 0 Å². The molecule has 0 amide bonds. The molecule has 4 rings (SSSR count). The zero-order valence-electron chi connectivity index (χ0n) is 19.9. The fourth-order valence-corrected chi connectivity index (χ4v) is 4.77. The van der Waals surface area contributed by atoms with Gasteiger partial charge in [-0.3, -0.25) is 4.79 Å². The molecule has 1 aromatic carbocycles. The normalized spacial score (nSPS) is 15.5. The number of benzene rings is 1. The molecule has 0 unspecified atom stereocenters. The van der Waals surface area contributed by atoms with Crippen molar-refractivity contribution in [2.45, 2.75) is 64.5 Å².